The Morgan fingerprint density at radius 3 is 2.53 bits per heavy atom. The highest BCUT2D eigenvalue weighted by atomic mass is 16.3. The molecule has 0 saturated carbocycles. The van der Waals surface area contributed by atoms with Crippen molar-refractivity contribution in [3.63, 3.8) is 0 Å². The lowest BCUT2D eigenvalue weighted by Crippen LogP contribution is -2.01. The van der Waals surface area contributed by atoms with Gasteiger partial charge in [-0.15, -0.1) is 0 Å². The zero-order valence-corrected chi connectivity index (χ0v) is 9.02. The maximum atomic E-state index is 9.65. The van der Waals surface area contributed by atoms with Crippen molar-refractivity contribution >= 4 is 0 Å². The fraction of sp³-hybridized carbons (Fsp3) is 0.273. The maximum Gasteiger partial charge on any atom is 0.160 e. The molecule has 0 amide bonds. The van der Waals surface area contributed by atoms with E-state index in [2.05, 4.69) is 10.1 Å². The first-order valence-electron chi connectivity index (χ1n) is 4.78. The molecule has 2 heterocycles. The summed E-state index contributed by atoms with van der Waals surface area (Å²) >= 11 is 0. The van der Waals surface area contributed by atoms with Crippen LogP contribution in [-0.2, 0) is 0 Å². The van der Waals surface area contributed by atoms with Crippen LogP contribution in [0, 0.1) is 20.8 Å². The van der Waals surface area contributed by atoms with Gasteiger partial charge >= 0.3 is 0 Å². The highest BCUT2D eigenvalue weighted by molar-refractivity contribution is 5.37. The summed E-state index contributed by atoms with van der Waals surface area (Å²) in [5.74, 6) is 0.967. The number of hydrogen-bond acceptors (Lipinski definition) is 3. The number of aromatic nitrogens is 3. The van der Waals surface area contributed by atoms with Crippen LogP contribution in [0.1, 0.15) is 17.0 Å². The first kappa shape index (κ1) is 9.71. The Morgan fingerprint density at radius 1 is 1.27 bits per heavy atom. The fourth-order valence-electron chi connectivity index (χ4n) is 1.49. The quantitative estimate of drug-likeness (QED) is 0.770. The Kier molecular flexibility index (Phi) is 2.19. The van der Waals surface area contributed by atoms with E-state index in [1.807, 2.05) is 26.0 Å². The van der Waals surface area contributed by atoms with E-state index in [-0.39, 0.29) is 5.75 Å². The molecule has 1 N–H and O–H groups in total. The van der Waals surface area contributed by atoms with Crippen LogP contribution in [-0.4, -0.2) is 19.9 Å². The number of aromatic hydroxyl groups is 1. The van der Waals surface area contributed by atoms with Crippen LogP contribution >= 0.6 is 0 Å². The van der Waals surface area contributed by atoms with E-state index < -0.39 is 0 Å². The van der Waals surface area contributed by atoms with Gasteiger partial charge in [-0.05, 0) is 38.5 Å². The summed E-state index contributed by atoms with van der Waals surface area (Å²) < 4.78 is 1.65. The van der Waals surface area contributed by atoms with Crippen LogP contribution in [0.4, 0.5) is 0 Å². The highest BCUT2D eigenvalue weighted by Gasteiger charge is 2.11. The summed E-state index contributed by atoms with van der Waals surface area (Å²) in [5, 5.41) is 13.9. The van der Waals surface area contributed by atoms with Crippen molar-refractivity contribution in [2.24, 2.45) is 0 Å². The van der Waals surface area contributed by atoms with Gasteiger partial charge in [0, 0.05) is 6.20 Å². The largest absolute Gasteiger partial charge is 0.504 e. The Balaban J connectivity index is 2.59. The van der Waals surface area contributed by atoms with Gasteiger partial charge in [0.2, 0.25) is 0 Å². The SMILES string of the molecule is Cc1ccnc(-n2nc(C)c(O)c2C)c1. The molecule has 4 nitrogen and oxygen atoms in total. The third-order valence-electron chi connectivity index (χ3n) is 2.37. The second-order valence-corrected chi connectivity index (χ2v) is 3.62. The first-order chi connectivity index (χ1) is 7.09. The lowest BCUT2D eigenvalue weighted by atomic mass is 10.3. The summed E-state index contributed by atoms with van der Waals surface area (Å²) in [6, 6.07) is 3.86. The normalized spacial score (nSPS) is 10.6. The van der Waals surface area contributed by atoms with Crippen LogP contribution in [0.5, 0.6) is 5.75 Å². The number of hydrogen-bond donors (Lipinski definition) is 1. The smallest absolute Gasteiger partial charge is 0.160 e. The van der Waals surface area contributed by atoms with Crippen molar-refractivity contribution in [3.8, 4) is 11.6 Å². The molecule has 78 valence electrons. The molecule has 0 spiro atoms. The Bertz CT molecular complexity index is 503. The predicted molar refractivity (Wildman–Crippen MR) is 57.2 cm³/mol. The van der Waals surface area contributed by atoms with E-state index in [1.165, 1.54) is 0 Å². The van der Waals surface area contributed by atoms with Crippen molar-refractivity contribution in [2.45, 2.75) is 20.8 Å². The summed E-state index contributed by atoms with van der Waals surface area (Å²) in [6.07, 6.45) is 1.73. The van der Waals surface area contributed by atoms with Gasteiger partial charge in [-0.25, -0.2) is 9.67 Å². The molecule has 0 fully saturated rings. The van der Waals surface area contributed by atoms with Gasteiger partial charge in [-0.2, -0.15) is 5.10 Å². The van der Waals surface area contributed by atoms with Crippen LogP contribution < -0.4 is 0 Å². The van der Waals surface area contributed by atoms with Gasteiger partial charge in [0.1, 0.15) is 5.69 Å². The Hall–Kier alpha value is -1.84. The number of aryl methyl sites for hydroxylation is 2. The summed E-state index contributed by atoms with van der Waals surface area (Å²) in [6.45, 7) is 5.59. The molecule has 0 aromatic carbocycles. The van der Waals surface area contributed by atoms with E-state index in [0.29, 0.717) is 11.4 Å². The van der Waals surface area contributed by atoms with Crippen molar-refractivity contribution in [1.29, 1.82) is 0 Å². The van der Waals surface area contributed by atoms with Gasteiger partial charge in [-0.3, -0.25) is 0 Å². The van der Waals surface area contributed by atoms with Crippen LogP contribution in [0.2, 0.25) is 0 Å². The van der Waals surface area contributed by atoms with E-state index in [0.717, 1.165) is 11.4 Å². The molecule has 0 radical (unpaired) electrons. The standard InChI is InChI=1S/C11H13N3O/c1-7-4-5-12-10(6-7)14-9(3)11(15)8(2)13-14/h4-6,15H,1-3H3. The average molecular weight is 203 g/mol. The summed E-state index contributed by atoms with van der Waals surface area (Å²) in [4.78, 5) is 4.21. The second kappa shape index (κ2) is 3.38. The molecule has 0 bridgehead atoms. The molecular weight excluding hydrogens is 190 g/mol. The third kappa shape index (κ3) is 1.58. The molecule has 0 aliphatic carbocycles. The van der Waals surface area contributed by atoms with Gasteiger partial charge in [0.05, 0.1) is 5.69 Å². The molecule has 0 aliphatic rings. The minimum absolute atomic E-state index is 0.235. The molecule has 4 heteroatoms. The number of rotatable bonds is 1. The minimum Gasteiger partial charge on any atom is -0.504 e. The van der Waals surface area contributed by atoms with Crippen LogP contribution in [0.3, 0.4) is 0 Å². The topological polar surface area (TPSA) is 50.9 Å². The van der Waals surface area contributed by atoms with E-state index in [1.54, 1.807) is 17.8 Å². The molecule has 2 rings (SSSR count). The molecule has 0 aliphatic heterocycles. The molecule has 2 aromatic heterocycles. The minimum atomic E-state index is 0.235. The van der Waals surface area contributed by atoms with Gasteiger partial charge in [0.15, 0.2) is 11.6 Å². The highest BCUT2D eigenvalue weighted by Crippen LogP contribution is 2.22. The Morgan fingerprint density at radius 2 is 2.00 bits per heavy atom. The molecule has 0 unspecified atom stereocenters. The van der Waals surface area contributed by atoms with Crippen molar-refractivity contribution in [3.05, 3.63) is 35.3 Å². The molecule has 15 heavy (non-hydrogen) atoms. The van der Waals surface area contributed by atoms with Crippen molar-refractivity contribution in [2.75, 3.05) is 0 Å². The fourth-order valence-corrected chi connectivity index (χ4v) is 1.49. The third-order valence-corrected chi connectivity index (χ3v) is 2.37. The molecule has 0 atom stereocenters. The monoisotopic (exact) mass is 203 g/mol. The lowest BCUT2D eigenvalue weighted by molar-refractivity contribution is 0.466. The number of nitrogens with zero attached hydrogens (tertiary/aromatic N) is 3. The average Bonchev–Trinajstić information content (AvgIpc) is 2.46. The first-order valence-corrected chi connectivity index (χ1v) is 4.78. The van der Waals surface area contributed by atoms with Crippen molar-refractivity contribution in [1.82, 2.24) is 14.8 Å². The van der Waals surface area contributed by atoms with E-state index in [9.17, 15) is 5.11 Å². The maximum absolute atomic E-state index is 9.65. The molecule has 0 saturated heterocycles. The zero-order valence-electron chi connectivity index (χ0n) is 9.02. The van der Waals surface area contributed by atoms with E-state index in [4.69, 9.17) is 0 Å². The van der Waals surface area contributed by atoms with Crippen LogP contribution in [0.15, 0.2) is 18.3 Å². The van der Waals surface area contributed by atoms with E-state index >= 15 is 0 Å². The Labute approximate surface area is 88.2 Å². The van der Waals surface area contributed by atoms with Crippen molar-refractivity contribution < 1.29 is 5.11 Å². The second-order valence-electron chi connectivity index (χ2n) is 3.62. The predicted octanol–water partition coefficient (Wildman–Crippen LogP) is 1.90. The molecular formula is C11H13N3O. The van der Waals surface area contributed by atoms with Gasteiger partial charge in [-0.1, -0.05) is 0 Å². The van der Waals surface area contributed by atoms with Gasteiger partial charge < -0.3 is 5.11 Å². The van der Waals surface area contributed by atoms with Crippen LogP contribution in [0.25, 0.3) is 5.82 Å². The van der Waals surface area contributed by atoms with Gasteiger partial charge in [0.25, 0.3) is 0 Å². The zero-order chi connectivity index (χ0) is 11.0. The summed E-state index contributed by atoms with van der Waals surface area (Å²) in [7, 11) is 0. The summed E-state index contributed by atoms with van der Waals surface area (Å²) in [5.41, 5.74) is 2.45. The lowest BCUT2D eigenvalue weighted by Gasteiger charge is -2.03. The molecule has 2 aromatic rings. The number of pyridine rings is 1.